The smallest absolute Gasteiger partial charge is 0.312 e. The summed E-state index contributed by atoms with van der Waals surface area (Å²) in [5, 5.41) is 0. The van der Waals surface area contributed by atoms with Crippen LogP contribution in [0.25, 0.3) is 0 Å². The molecule has 0 aliphatic carbocycles. The zero-order chi connectivity index (χ0) is 22.9. The Morgan fingerprint density at radius 3 is 1.59 bits per heavy atom. The Morgan fingerprint density at radius 2 is 1.21 bits per heavy atom. The molecule has 0 aromatic heterocycles. The number of carbonyl (C=O) groups excluding carboxylic acids is 2. The number of methoxy groups -OCH3 is 1. The van der Waals surface area contributed by atoms with Gasteiger partial charge in [-0.1, -0.05) is 6.92 Å². The second kappa shape index (κ2) is 8.25. The first-order valence-corrected chi connectivity index (χ1v) is 8.49. The van der Waals surface area contributed by atoms with E-state index in [1.165, 1.54) is 27.9 Å². The minimum absolute atomic E-state index is 0.645. The zero-order valence-electron chi connectivity index (χ0n) is 17.1. The lowest BCUT2D eigenvalue weighted by Gasteiger charge is -2.51. The van der Waals surface area contributed by atoms with Crippen molar-refractivity contribution in [2.24, 2.45) is 5.41 Å². The van der Waals surface area contributed by atoms with Crippen LogP contribution in [0.1, 0.15) is 48.0 Å². The van der Waals surface area contributed by atoms with Gasteiger partial charge in [-0.15, -0.1) is 0 Å². The Hall–Kier alpha value is -2.23. The lowest BCUT2D eigenvalue weighted by molar-refractivity contribution is -0.205. The van der Waals surface area contributed by atoms with E-state index in [-0.39, 0.29) is 0 Å². The molecular weight excluding hydrogens is 403 g/mol. The summed E-state index contributed by atoms with van der Waals surface area (Å²) in [5.74, 6) is -15.1. The predicted molar refractivity (Wildman–Crippen MR) is 91.5 cm³/mol. The van der Waals surface area contributed by atoms with Gasteiger partial charge in [0.05, 0.1) is 12.0 Å². The number of esters is 2. The first kappa shape index (κ1) is 24.8. The molecule has 10 heteroatoms. The minimum atomic E-state index is -2.37. The molecule has 0 fully saturated rings. The van der Waals surface area contributed by atoms with Crippen LogP contribution in [0.15, 0.2) is 0 Å². The number of ether oxygens (including phenoxy) is 3. The Balaban J connectivity index is 3.37. The van der Waals surface area contributed by atoms with E-state index < -0.39 is 69.8 Å². The molecule has 5 nitrogen and oxygen atoms in total. The van der Waals surface area contributed by atoms with Gasteiger partial charge in [0.1, 0.15) is 5.60 Å². The summed E-state index contributed by atoms with van der Waals surface area (Å²) in [6, 6.07) is 0. The molecule has 0 radical (unpaired) electrons. The summed E-state index contributed by atoms with van der Waals surface area (Å²) in [6.45, 7) is 8.77. The molecule has 29 heavy (non-hydrogen) atoms. The van der Waals surface area contributed by atoms with Crippen LogP contribution in [-0.2, 0) is 19.1 Å². The van der Waals surface area contributed by atoms with E-state index in [1.54, 1.807) is 13.8 Å². The zero-order valence-corrected chi connectivity index (χ0v) is 17.1. The Morgan fingerprint density at radius 1 is 0.793 bits per heavy atom. The second-order valence-electron chi connectivity index (χ2n) is 7.70. The molecule has 1 atom stereocenters. The lowest BCUT2D eigenvalue weighted by Crippen LogP contribution is -2.58. The monoisotopic (exact) mass is 426 g/mol. The van der Waals surface area contributed by atoms with Crippen LogP contribution in [0, 0.1) is 34.5 Å². The molecule has 1 aromatic carbocycles. The molecule has 0 aliphatic heterocycles. The molecule has 0 amide bonds. The molecule has 1 unspecified atom stereocenters. The second-order valence-corrected chi connectivity index (χ2v) is 7.70. The van der Waals surface area contributed by atoms with E-state index in [4.69, 9.17) is 9.47 Å². The van der Waals surface area contributed by atoms with Crippen LogP contribution in [0.3, 0.4) is 0 Å². The van der Waals surface area contributed by atoms with Crippen LogP contribution in [0.4, 0.5) is 22.0 Å². The standard InChI is InChI=1S/C19H23F5O5/c1-9(25)29-18(4,5)19(6,17(2,3)27-7)8-10(26)28-16-14(23)12(21)11(20)13(22)15(16)24/h8H2,1-7H3. The summed E-state index contributed by atoms with van der Waals surface area (Å²) < 4.78 is 82.6. The van der Waals surface area contributed by atoms with Crippen LogP contribution in [0.2, 0.25) is 0 Å². The van der Waals surface area contributed by atoms with Crippen molar-refractivity contribution in [2.45, 2.75) is 59.2 Å². The van der Waals surface area contributed by atoms with Crippen molar-refractivity contribution < 1.29 is 45.8 Å². The van der Waals surface area contributed by atoms with E-state index in [0.29, 0.717) is 0 Å². The molecule has 0 N–H and O–H groups in total. The maximum absolute atomic E-state index is 13.8. The number of hydrogen-bond acceptors (Lipinski definition) is 5. The SMILES string of the molecule is COC(C)(C)C(C)(CC(=O)Oc1c(F)c(F)c(F)c(F)c1F)C(C)(C)OC(C)=O. The van der Waals surface area contributed by atoms with Gasteiger partial charge in [-0.2, -0.15) is 8.78 Å². The van der Waals surface area contributed by atoms with Gasteiger partial charge < -0.3 is 14.2 Å². The number of benzene rings is 1. The van der Waals surface area contributed by atoms with Gasteiger partial charge in [-0.05, 0) is 27.7 Å². The molecule has 0 spiro atoms. The van der Waals surface area contributed by atoms with Crippen molar-refractivity contribution >= 4 is 11.9 Å². The van der Waals surface area contributed by atoms with Crippen LogP contribution in [-0.4, -0.2) is 30.3 Å². The first-order chi connectivity index (χ1) is 13.0. The van der Waals surface area contributed by atoms with Crippen molar-refractivity contribution in [3.05, 3.63) is 29.1 Å². The van der Waals surface area contributed by atoms with Gasteiger partial charge in [0, 0.05) is 19.4 Å². The van der Waals surface area contributed by atoms with E-state index in [9.17, 15) is 31.5 Å². The molecule has 0 saturated heterocycles. The fourth-order valence-electron chi connectivity index (χ4n) is 2.96. The van der Waals surface area contributed by atoms with Crippen molar-refractivity contribution in [1.82, 2.24) is 0 Å². The van der Waals surface area contributed by atoms with Gasteiger partial charge >= 0.3 is 11.9 Å². The quantitative estimate of drug-likeness (QED) is 0.212. The van der Waals surface area contributed by atoms with Crippen molar-refractivity contribution in [3.63, 3.8) is 0 Å². The Bertz CT molecular complexity index is 793. The van der Waals surface area contributed by atoms with Gasteiger partial charge in [-0.25, -0.2) is 13.2 Å². The van der Waals surface area contributed by atoms with Crippen molar-refractivity contribution in [3.8, 4) is 5.75 Å². The molecule has 0 saturated carbocycles. The minimum Gasteiger partial charge on any atom is -0.459 e. The third kappa shape index (κ3) is 4.52. The van der Waals surface area contributed by atoms with E-state index >= 15 is 0 Å². The highest BCUT2D eigenvalue weighted by Gasteiger charge is 2.55. The fourth-order valence-corrected chi connectivity index (χ4v) is 2.96. The summed E-state index contributed by atoms with van der Waals surface area (Å²) >= 11 is 0. The van der Waals surface area contributed by atoms with Crippen LogP contribution >= 0.6 is 0 Å². The lowest BCUT2D eigenvalue weighted by atomic mass is 9.62. The van der Waals surface area contributed by atoms with Gasteiger partial charge in [-0.3, -0.25) is 9.59 Å². The molecule has 1 aromatic rings. The molecule has 0 bridgehead atoms. The number of hydrogen-bond donors (Lipinski definition) is 0. The predicted octanol–water partition coefficient (Wildman–Crippen LogP) is 4.45. The van der Waals surface area contributed by atoms with Crippen LogP contribution in [0.5, 0.6) is 5.75 Å². The first-order valence-electron chi connectivity index (χ1n) is 8.49. The van der Waals surface area contributed by atoms with Gasteiger partial charge in [0.2, 0.25) is 34.8 Å². The molecule has 164 valence electrons. The average Bonchev–Trinajstić information content (AvgIpc) is 2.60. The molecule has 0 heterocycles. The largest absolute Gasteiger partial charge is 0.459 e. The highest BCUT2D eigenvalue weighted by atomic mass is 19.2. The maximum atomic E-state index is 13.8. The summed E-state index contributed by atoms with van der Waals surface area (Å²) in [7, 11) is 1.33. The molecule has 1 rings (SSSR count). The number of rotatable bonds is 7. The third-order valence-electron chi connectivity index (χ3n) is 5.45. The van der Waals surface area contributed by atoms with Crippen molar-refractivity contribution in [1.29, 1.82) is 0 Å². The van der Waals surface area contributed by atoms with E-state index in [0.717, 1.165) is 6.92 Å². The molecule has 0 aliphatic rings. The fraction of sp³-hybridized carbons (Fsp3) is 0.579. The number of carbonyl (C=O) groups is 2. The van der Waals surface area contributed by atoms with E-state index in [1.807, 2.05) is 0 Å². The Kier molecular flexibility index (Phi) is 7.06. The molecular formula is C19H23F5O5. The summed E-state index contributed by atoms with van der Waals surface area (Å²) in [6.07, 6.45) is -0.645. The third-order valence-corrected chi connectivity index (χ3v) is 5.45. The normalized spacial score (nSPS) is 14.3. The Labute approximate surface area is 165 Å². The maximum Gasteiger partial charge on any atom is 0.312 e. The summed E-state index contributed by atoms with van der Waals surface area (Å²) in [4.78, 5) is 23.9. The highest BCUT2D eigenvalue weighted by molar-refractivity contribution is 5.74. The van der Waals surface area contributed by atoms with E-state index in [2.05, 4.69) is 4.74 Å². The highest BCUT2D eigenvalue weighted by Crippen LogP contribution is 2.48. The van der Waals surface area contributed by atoms with Crippen molar-refractivity contribution in [2.75, 3.05) is 7.11 Å². The number of halogens is 5. The van der Waals surface area contributed by atoms with Crippen LogP contribution < -0.4 is 4.74 Å². The summed E-state index contributed by atoms with van der Waals surface area (Å²) in [5.41, 5.74) is -3.85. The topological polar surface area (TPSA) is 61.8 Å². The average molecular weight is 426 g/mol. The van der Waals surface area contributed by atoms with Gasteiger partial charge in [0.15, 0.2) is 0 Å². The van der Waals surface area contributed by atoms with Gasteiger partial charge in [0.25, 0.3) is 0 Å².